The van der Waals surface area contributed by atoms with E-state index in [0.717, 1.165) is 5.30 Å². The zero-order chi connectivity index (χ0) is 18.3. The SMILES string of the molecule is CCOC(=O)CCCOP(OCCCC(=O)OCC)c1ccccc1. The minimum atomic E-state index is -1.24. The Bertz CT molecular complexity index is 468. The highest BCUT2D eigenvalue weighted by Crippen LogP contribution is 2.37. The van der Waals surface area contributed by atoms with Gasteiger partial charge < -0.3 is 18.5 Å². The highest BCUT2D eigenvalue weighted by Gasteiger charge is 2.14. The molecule has 0 saturated heterocycles. The lowest BCUT2D eigenvalue weighted by molar-refractivity contribution is -0.144. The van der Waals surface area contributed by atoms with E-state index in [1.54, 1.807) is 13.8 Å². The Balaban J connectivity index is 2.37. The number of carbonyl (C=O) groups excluding carboxylic acids is 2. The molecule has 0 bridgehead atoms. The van der Waals surface area contributed by atoms with E-state index in [1.165, 1.54) is 0 Å². The molecule has 0 atom stereocenters. The number of carbonyl (C=O) groups is 2. The van der Waals surface area contributed by atoms with E-state index in [9.17, 15) is 9.59 Å². The van der Waals surface area contributed by atoms with Crippen molar-refractivity contribution in [2.75, 3.05) is 26.4 Å². The van der Waals surface area contributed by atoms with E-state index in [2.05, 4.69) is 0 Å². The molecule has 25 heavy (non-hydrogen) atoms. The first kappa shape index (κ1) is 21.6. The van der Waals surface area contributed by atoms with Gasteiger partial charge in [-0.1, -0.05) is 18.2 Å². The van der Waals surface area contributed by atoms with Crippen LogP contribution in [0.4, 0.5) is 0 Å². The molecule has 0 saturated carbocycles. The number of esters is 2. The van der Waals surface area contributed by atoms with E-state index in [4.69, 9.17) is 18.5 Å². The first-order chi connectivity index (χ1) is 12.2. The molecule has 0 spiro atoms. The van der Waals surface area contributed by atoms with Gasteiger partial charge in [0.2, 0.25) is 8.38 Å². The van der Waals surface area contributed by atoms with Crippen molar-refractivity contribution in [3.05, 3.63) is 30.3 Å². The van der Waals surface area contributed by atoms with Crippen molar-refractivity contribution in [2.24, 2.45) is 0 Å². The largest absolute Gasteiger partial charge is 0.466 e. The van der Waals surface area contributed by atoms with Crippen molar-refractivity contribution in [1.82, 2.24) is 0 Å². The molecule has 0 aliphatic heterocycles. The van der Waals surface area contributed by atoms with Gasteiger partial charge in [-0.2, -0.15) is 0 Å². The Morgan fingerprint density at radius 2 is 1.32 bits per heavy atom. The highest BCUT2D eigenvalue weighted by atomic mass is 31.2. The summed E-state index contributed by atoms with van der Waals surface area (Å²) in [6.07, 6.45) is 1.82. The molecule has 0 aromatic heterocycles. The number of hydrogen-bond acceptors (Lipinski definition) is 6. The summed E-state index contributed by atoms with van der Waals surface area (Å²) in [5, 5.41) is 0.963. The number of ether oxygens (including phenoxy) is 2. The van der Waals surface area contributed by atoms with Gasteiger partial charge in [-0.05, 0) is 38.8 Å². The molecule has 7 heteroatoms. The first-order valence-electron chi connectivity index (χ1n) is 8.59. The van der Waals surface area contributed by atoms with Crippen molar-refractivity contribution in [1.29, 1.82) is 0 Å². The maximum absolute atomic E-state index is 11.3. The van der Waals surface area contributed by atoms with E-state index in [1.807, 2.05) is 30.3 Å². The lowest BCUT2D eigenvalue weighted by Gasteiger charge is -2.17. The predicted molar refractivity (Wildman–Crippen MR) is 96.6 cm³/mol. The van der Waals surface area contributed by atoms with E-state index in [0.29, 0.717) is 52.1 Å². The molecule has 1 aromatic carbocycles. The van der Waals surface area contributed by atoms with Crippen molar-refractivity contribution in [3.8, 4) is 0 Å². The second kappa shape index (κ2) is 13.8. The minimum Gasteiger partial charge on any atom is -0.466 e. The zero-order valence-electron chi connectivity index (χ0n) is 14.9. The van der Waals surface area contributed by atoms with Crippen LogP contribution in [0.1, 0.15) is 39.5 Å². The monoisotopic (exact) mass is 370 g/mol. The van der Waals surface area contributed by atoms with Crippen LogP contribution in [0.25, 0.3) is 0 Å². The predicted octanol–water partition coefficient (Wildman–Crippen LogP) is 3.34. The third-order valence-electron chi connectivity index (χ3n) is 3.05. The Labute approximate surface area is 150 Å². The van der Waals surface area contributed by atoms with Crippen LogP contribution >= 0.6 is 8.38 Å². The van der Waals surface area contributed by atoms with Gasteiger partial charge >= 0.3 is 11.9 Å². The molecule has 0 aliphatic carbocycles. The Morgan fingerprint density at radius 1 is 0.840 bits per heavy atom. The fourth-order valence-electron chi connectivity index (χ4n) is 1.93. The third kappa shape index (κ3) is 10.2. The van der Waals surface area contributed by atoms with Gasteiger partial charge in [0.25, 0.3) is 0 Å². The summed E-state index contributed by atoms with van der Waals surface area (Å²) in [6, 6.07) is 9.67. The topological polar surface area (TPSA) is 71.1 Å². The maximum Gasteiger partial charge on any atom is 0.305 e. The van der Waals surface area contributed by atoms with Crippen molar-refractivity contribution in [3.63, 3.8) is 0 Å². The van der Waals surface area contributed by atoms with Crippen LogP contribution < -0.4 is 5.30 Å². The molecule has 0 amide bonds. The zero-order valence-corrected chi connectivity index (χ0v) is 15.8. The van der Waals surface area contributed by atoms with Gasteiger partial charge in [-0.15, -0.1) is 0 Å². The first-order valence-corrected chi connectivity index (χ1v) is 9.77. The summed E-state index contributed by atoms with van der Waals surface area (Å²) in [5.74, 6) is -0.434. The average Bonchev–Trinajstić information content (AvgIpc) is 2.61. The summed E-state index contributed by atoms with van der Waals surface area (Å²) in [4.78, 5) is 22.7. The summed E-state index contributed by atoms with van der Waals surface area (Å²) in [7, 11) is -1.24. The van der Waals surface area contributed by atoms with E-state index < -0.39 is 8.38 Å². The smallest absolute Gasteiger partial charge is 0.305 e. The molecule has 1 rings (SSSR count). The van der Waals surface area contributed by atoms with Crippen LogP contribution in [0.5, 0.6) is 0 Å². The van der Waals surface area contributed by atoms with Crippen LogP contribution in [0, 0.1) is 0 Å². The fourth-order valence-corrected chi connectivity index (χ4v) is 3.31. The van der Waals surface area contributed by atoms with Crippen molar-refractivity contribution >= 4 is 25.6 Å². The highest BCUT2D eigenvalue weighted by molar-refractivity contribution is 7.56. The molecule has 0 heterocycles. The molecule has 0 unspecified atom stereocenters. The molecule has 1 aromatic rings. The summed E-state index contributed by atoms with van der Waals surface area (Å²) in [6.45, 7) is 5.18. The Hall–Kier alpha value is -1.49. The van der Waals surface area contributed by atoms with Crippen LogP contribution in [-0.2, 0) is 28.1 Å². The lowest BCUT2D eigenvalue weighted by atomic mass is 10.3. The molecule has 0 N–H and O–H groups in total. The van der Waals surface area contributed by atoms with Crippen LogP contribution in [0.15, 0.2) is 30.3 Å². The van der Waals surface area contributed by atoms with Crippen molar-refractivity contribution in [2.45, 2.75) is 39.5 Å². The summed E-state index contributed by atoms with van der Waals surface area (Å²) < 4.78 is 21.4. The molecule has 0 radical (unpaired) electrons. The fraction of sp³-hybridized carbons (Fsp3) is 0.556. The van der Waals surface area contributed by atoms with Gasteiger partial charge in [0.05, 0.1) is 26.4 Å². The third-order valence-corrected chi connectivity index (χ3v) is 4.60. The Kier molecular flexibility index (Phi) is 11.9. The minimum absolute atomic E-state index is 0.217. The quantitative estimate of drug-likeness (QED) is 0.301. The molecule has 0 fully saturated rings. The van der Waals surface area contributed by atoms with E-state index in [-0.39, 0.29) is 11.9 Å². The molecular formula is C18H27O6P. The number of hydrogen-bond donors (Lipinski definition) is 0. The van der Waals surface area contributed by atoms with Gasteiger partial charge in [0.15, 0.2) is 0 Å². The normalized spacial score (nSPS) is 10.7. The Morgan fingerprint density at radius 3 is 1.76 bits per heavy atom. The van der Waals surface area contributed by atoms with Gasteiger partial charge in [0, 0.05) is 18.1 Å². The van der Waals surface area contributed by atoms with E-state index >= 15 is 0 Å². The molecular weight excluding hydrogens is 343 g/mol. The van der Waals surface area contributed by atoms with Crippen molar-refractivity contribution < 1.29 is 28.1 Å². The second-order valence-electron chi connectivity index (χ2n) is 5.08. The van der Waals surface area contributed by atoms with Gasteiger partial charge in [-0.25, -0.2) is 0 Å². The standard InChI is InChI=1S/C18H27O6P/c1-3-21-17(19)12-8-14-23-25(16-10-6-5-7-11-16)24-15-9-13-18(20)22-4-2/h5-7,10-11H,3-4,8-9,12-15H2,1-2H3. The number of benzene rings is 1. The molecule has 140 valence electrons. The summed E-state index contributed by atoms with van der Waals surface area (Å²) in [5.41, 5.74) is 0. The molecule has 6 nitrogen and oxygen atoms in total. The van der Waals surface area contributed by atoms with Gasteiger partial charge in [0.1, 0.15) is 0 Å². The van der Waals surface area contributed by atoms with Crippen LogP contribution in [0.2, 0.25) is 0 Å². The second-order valence-corrected chi connectivity index (χ2v) is 6.62. The summed E-state index contributed by atoms with van der Waals surface area (Å²) >= 11 is 0. The maximum atomic E-state index is 11.3. The number of rotatable bonds is 13. The van der Waals surface area contributed by atoms with Gasteiger partial charge in [-0.3, -0.25) is 9.59 Å². The van der Waals surface area contributed by atoms with Crippen LogP contribution in [0.3, 0.4) is 0 Å². The molecule has 0 aliphatic rings. The lowest BCUT2D eigenvalue weighted by Crippen LogP contribution is -2.10. The van der Waals surface area contributed by atoms with Crippen LogP contribution in [-0.4, -0.2) is 38.4 Å². The average molecular weight is 370 g/mol.